The summed E-state index contributed by atoms with van der Waals surface area (Å²) in [6.07, 6.45) is 2.98. The molecule has 0 unspecified atom stereocenters. The third-order valence-corrected chi connectivity index (χ3v) is 4.87. The predicted octanol–water partition coefficient (Wildman–Crippen LogP) is 3.44. The molecule has 0 spiro atoms. The minimum absolute atomic E-state index is 0.0132. The van der Waals surface area contributed by atoms with Gasteiger partial charge in [-0.15, -0.1) is 0 Å². The number of halogens is 1. The molecule has 0 bridgehead atoms. The number of carbonyl (C=O) groups is 1. The number of amides is 1. The van der Waals surface area contributed by atoms with Gasteiger partial charge in [-0.1, -0.05) is 35.9 Å². The van der Waals surface area contributed by atoms with Gasteiger partial charge in [-0.25, -0.2) is 4.79 Å². The molecule has 1 aromatic heterocycles. The lowest BCUT2D eigenvalue weighted by molar-refractivity contribution is -0.122. The third-order valence-electron chi connectivity index (χ3n) is 4.64. The minimum atomic E-state index is -0.559. The highest BCUT2D eigenvalue weighted by molar-refractivity contribution is 6.31. The van der Waals surface area contributed by atoms with Gasteiger partial charge in [0.05, 0.1) is 11.6 Å². The van der Waals surface area contributed by atoms with Gasteiger partial charge in [0.15, 0.2) is 5.58 Å². The van der Waals surface area contributed by atoms with Gasteiger partial charge in [0.2, 0.25) is 5.91 Å². The number of aryl methyl sites for hydroxylation is 1. The SMILES string of the molecule is O=C(Cn1c(=O)oc2cc(Cl)ccc21)N[C@H]1CCCc2ccccc21. The van der Waals surface area contributed by atoms with Crippen LogP contribution >= 0.6 is 11.6 Å². The Balaban J connectivity index is 1.56. The monoisotopic (exact) mass is 356 g/mol. The standard InChI is InChI=1S/C19H17ClN2O3/c20-13-8-9-16-17(10-13)25-19(24)22(16)11-18(23)21-15-7-3-5-12-4-1-2-6-14(12)15/h1-2,4,6,8-10,15H,3,5,7,11H2,(H,21,23)/t15-/m0/s1. The van der Waals surface area contributed by atoms with Crippen molar-refractivity contribution in [2.75, 3.05) is 0 Å². The van der Waals surface area contributed by atoms with Crippen LogP contribution in [0, 0.1) is 0 Å². The summed E-state index contributed by atoms with van der Waals surface area (Å²) in [5, 5.41) is 3.53. The van der Waals surface area contributed by atoms with Crippen LogP contribution in [0.3, 0.4) is 0 Å². The Labute approximate surface area is 149 Å². The number of rotatable bonds is 3. The molecule has 2 aromatic carbocycles. The Morgan fingerprint density at radius 1 is 1.28 bits per heavy atom. The van der Waals surface area contributed by atoms with Crippen LogP contribution in [-0.4, -0.2) is 10.5 Å². The minimum Gasteiger partial charge on any atom is -0.408 e. The second-order valence-electron chi connectivity index (χ2n) is 6.28. The lowest BCUT2D eigenvalue weighted by atomic mass is 9.88. The number of hydrogen-bond donors (Lipinski definition) is 1. The molecule has 0 saturated carbocycles. The first-order valence-corrected chi connectivity index (χ1v) is 8.65. The van der Waals surface area contributed by atoms with E-state index in [0.717, 1.165) is 19.3 Å². The van der Waals surface area contributed by atoms with Crippen molar-refractivity contribution in [3.05, 3.63) is 69.2 Å². The van der Waals surface area contributed by atoms with Gasteiger partial charge in [0, 0.05) is 11.1 Å². The van der Waals surface area contributed by atoms with Gasteiger partial charge in [-0.05, 0) is 42.5 Å². The Kier molecular flexibility index (Phi) is 4.09. The summed E-state index contributed by atoms with van der Waals surface area (Å²) in [6.45, 7) is -0.0772. The summed E-state index contributed by atoms with van der Waals surface area (Å²) in [6, 6.07) is 13.1. The Hall–Kier alpha value is -2.53. The number of hydrogen-bond acceptors (Lipinski definition) is 3. The Bertz CT molecular complexity index is 1010. The van der Waals surface area contributed by atoms with Gasteiger partial charge in [0.1, 0.15) is 6.54 Å². The fourth-order valence-electron chi connectivity index (χ4n) is 3.48. The molecule has 1 aliphatic rings. The van der Waals surface area contributed by atoms with Crippen molar-refractivity contribution in [2.45, 2.75) is 31.8 Å². The highest BCUT2D eigenvalue weighted by Crippen LogP contribution is 2.29. The van der Waals surface area contributed by atoms with Crippen LogP contribution in [0.1, 0.15) is 30.0 Å². The van der Waals surface area contributed by atoms with E-state index < -0.39 is 5.76 Å². The smallest absolute Gasteiger partial charge is 0.408 e. The number of nitrogens with one attached hydrogen (secondary N) is 1. The molecule has 5 nitrogen and oxygen atoms in total. The zero-order chi connectivity index (χ0) is 17.4. The van der Waals surface area contributed by atoms with Gasteiger partial charge < -0.3 is 9.73 Å². The number of fused-ring (bicyclic) bond motifs is 2. The Morgan fingerprint density at radius 3 is 3.00 bits per heavy atom. The highest BCUT2D eigenvalue weighted by Gasteiger charge is 2.22. The molecule has 1 heterocycles. The van der Waals surface area contributed by atoms with Crippen molar-refractivity contribution in [2.24, 2.45) is 0 Å². The first-order valence-electron chi connectivity index (χ1n) is 8.28. The third kappa shape index (κ3) is 3.07. The molecule has 25 heavy (non-hydrogen) atoms. The maximum atomic E-state index is 12.5. The molecule has 0 fully saturated rings. The van der Waals surface area contributed by atoms with Crippen LogP contribution in [0.5, 0.6) is 0 Å². The lowest BCUT2D eigenvalue weighted by Crippen LogP contribution is -2.35. The second-order valence-corrected chi connectivity index (χ2v) is 6.71. The summed E-state index contributed by atoms with van der Waals surface area (Å²) in [4.78, 5) is 24.6. The van der Waals surface area contributed by atoms with Crippen molar-refractivity contribution < 1.29 is 9.21 Å². The number of aromatic nitrogens is 1. The zero-order valence-corrected chi connectivity index (χ0v) is 14.3. The molecule has 0 radical (unpaired) electrons. The maximum Gasteiger partial charge on any atom is 0.420 e. The van der Waals surface area contributed by atoms with E-state index in [1.54, 1.807) is 18.2 Å². The summed E-state index contributed by atoms with van der Waals surface area (Å²) in [7, 11) is 0. The van der Waals surface area contributed by atoms with Crippen LogP contribution in [0.15, 0.2) is 51.7 Å². The maximum absolute atomic E-state index is 12.5. The normalized spacial score (nSPS) is 16.6. The number of nitrogens with zero attached hydrogens (tertiary/aromatic N) is 1. The summed E-state index contributed by atoms with van der Waals surface area (Å²) in [5.74, 6) is -0.766. The number of benzene rings is 2. The molecule has 128 valence electrons. The molecule has 1 aliphatic carbocycles. The van der Waals surface area contributed by atoms with Gasteiger partial charge >= 0.3 is 5.76 Å². The van der Waals surface area contributed by atoms with Crippen molar-refractivity contribution in [1.29, 1.82) is 0 Å². The van der Waals surface area contributed by atoms with Gasteiger partial charge in [-0.3, -0.25) is 9.36 Å². The molecule has 0 saturated heterocycles. The molecular weight excluding hydrogens is 340 g/mol. The quantitative estimate of drug-likeness (QED) is 0.781. The number of oxazole rings is 1. The van der Waals surface area contributed by atoms with Crippen LogP contribution in [-0.2, 0) is 17.8 Å². The van der Waals surface area contributed by atoms with E-state index in [1.807, 2.05) is 12.1 Å². The van der Waals surface area contributed by atoms with Crippen molar-refractivity contribution >= 4 is 28.6 Å². The molecular formula is C19H17ClN2O3. The second kappa shape index (κ2) is 6.41. The molecule has 4 rings (SSSR count). The van der Waals surface area contributed by atoms with Crippen molar-refractivity contribution in [3.8, 4) is 0 Å². The van der Waals surface area contributed by atoms with E-state index in [4.69, 9.17) is 16.0 Å². The molecule has 1 amide bonds. The van der Waals surface area contributed by atoms with Gasteiger partial charge in [0.25, 0.3) is 0 Å². The van der Waals surface area contributed by atoms with Crippen LogP contribution in [0.2, 0.25) is 5.02 Å². The van der Waals surface area contributed by atoms with E-state index in [9.17, 15) is 9.59 Å². The van der Waals surface area contributed by atoms with Crippen LogP contribution < -0.4 is 11.1 Å². The first kappa shape index (κ1) is 16.0. The van der Waals surface area contributed by atoms with E-state index in [2.05, 4.69) is 17.4 Å². The van der Waals surface area contributed by atoms with Crippen molar-refractivity contribution in [3.63, 3.8) is 0 Å². The summed E-state index contributed by atoms with van der Waals surface area (Å²) in [5.41, 5.74) is 3.39. The topological polar surface area (TPSA) is 64.2 Å². The average molecular weight is 357 g/mol. The largest absolute Gasteiger partial charge is 0.420 e. The van der Waals surface area contributed by atoms with Crippen molar-refractivity contribution in [1.82, 2.24) is 9.88 Å². The fourth-order valence-corrected chi connectivity index (χ4v) is 3.64. The van der Waals surface area contributed by atoms with Crippen LogP contribution in [0.25, 0.3) is 11.1 Å². The molecule has 1 atom stereocenters. The first-order chi connectivity index (χ1) is 12.1. The Morgan fingerprint density at radius 2 is 2.12 bits per heavy atom. The van der Waals surface area contributed by atoms with E-state index in [1.165, 1.54) is 15.7 Å². The molecule has 1 N–H and O–H groups in total. The summed E-state index contributed by atoms with van der Waals surface area (Å²) < 4.78 is 6.50. The summed E-state index contributed by atoms with van der Waals surface area (Å²) >= 11 is 5.91. The van der Waals surface area contributed by atoms with Crippen LogP contribution in [0.4, 0.5) is 0 Å². The zero-order valence-electron chi connectivity index (χ0n) is 13.5. The molecule has 0 aliphatic heterocycles. The average Bonchev–Trinajstić information content (AvgIpc) is 2.90. The number of carbonyl (C=O) groups excluding carboxylic acids is 1. The predicted molar refractivity (Wildman–Crippen MR) is 95.7 cm³/mol. The fraction of sp³-hybridized carbons (Fsp3) is 0.263. The van der Waals surface area contributed by atoms with E-state index in [-0.39, 0.29) is 18.5 Å². The highest BCUT2D eigenvalue weighted by atomic mass is 35.5. The molecule has 6 heteroatoms. The molecule has 3 aromatic rings. The van der Waals surface area contributed by atoms with E-state index >= 15 is 0 Å². The lowest BCUT2D eigenvalue weighted by Gasteiger charge is -2.26. The van der Waals surface area contributed by atoms with E-state index in [0.29, 0.717) is 16.1 Å². The van der Waals surface area contributed by atoms with Gasteiger partial charge in [-0.2, -0.15) is 0 Å².